The molecule has 0 aliphatic heterocycles. The lowest BCUT2D eigenvalue weighted by Crippen LogP contribution is -2.29. The van der Waals surface area contributed by atoms with Crippen LogP contribution in [0.3, 0.4) is 0 Å². The molecule has 104 valence electrons. The third kappa shape index (κ3) is 3.80. The fraction of sp³-hybridized carbons (Fsp3) is 0.538. The van der Waals surface area contributed by atoms with Crippen molar-refractivity contribution in [3.63, 3.8) is 0 Å². The van der Waals surface area contributed by atoms with E-state index >= 15 is 0 Å². The Balaban J connectivity index is 1.98. The van der Waals surface area contributed by atoms with Crippen molar-refractivity contribution >= 4 is 21.4 Å². The highest BCUT2D eigenvalue weighted by molar-refractivity contribution is 7.90. The molecule has 0 amide bonds. The Labute approximate surface area is 118 Å². The van der Waals surface area contributed by atoms with Gasteiger partial charge in [0.1, 0.15) is 0 Å². The lowest BCUT2D eigenvalue weighted by atomic mass is 10.3. The number of hydrogen-bond donors (Lipinski definition) is 1. The van der Waals surface area contributed by atoms with E-state index in [1.54, 1.807) is 7.05 Å². The predicted octanol–water partition coefficient (Wildman–Crippen LogP) is 1.41. The van der Waals surface area contributed by atoms with Gasteiger partial charge < -0.3 is 5.11 Å². The maximum Gasteiger partial charge on any atom is 0.217 e. The summed E-state index contributed by atoms with van der Waals surface area (Å²) in [5.74, 6) is 5.81. The molecule has 1 heterocycles. The first-order valence-electron chi connectivity index (χ1n) is 6.16. The molecule has 0 aromatic carbocycles. The van der Waals surface area contributed by atoms with Gasteiger partial charge in [0.15, 0.2) is 0 Å². The van der Waals surface area contributed by atoms with Gasteiger partial charge in [-0.3, -0.25) is 0 Å². The van der Waals surface area contributed by atoms with Crippen LogP contribution in [0.4, 0.5) is 0 Å². The third-order valence-corrected chi connectivity index (χ3v) is 6.09. The average Bonchev–Trinajstić information content (AvgIpc) is 3.13. The second-order valence-corrected chi connectivity index (χ2v) is 7.83. The van der Waals surface area contributed by atoms with Gasteiger partial charge >= 0.3 is 0 Å². The molecule has 4 nitrogen and oxygen atoms in total. The molecule has 0 radical (unpaired) electrons. The molecule has 1 fully saturated rings. The molecule has 2 rings (SSSR count). The Bertz CT molecular complexity index is 591. The van der Waals surface area contributed by atoms with Gasteiger partial charge in [-0.2, -0.15) is 0 Å². The van der Waals surface area contributed by atoms with Crippen molar-refractivity contribution in [2.45, 2.75) is 31.1 Å². The highest BCUT2D eigenvalue weighted by Gasteiger charge is 2.38. The van der Waals surface area contributed by atoms with Gasteiger partial charge in [0.05, 0.1) is 16.7 Å². The second-order valence-electron chi connectivity index (χ2n) is 4.59. The van der Waals surface area contributed by atoms with E-state index in [1.807, 2.05) is 11.4 Å². The van der Waals surface area contributed by atoms with E-state index in [4.69, 9.17) is 5.11 Å². The number of nitrogens with zero attached hydrogens (tertiary/aromatic N) is 1. The summed E-state index contributed by atoms with van der Waals surface area (Å²) in [5.41, 5.74) is 0.963. The molecular formula is C13H17NO3S2. The molecule has 0 unspecified atom stereocenters. The SMILES string of the molecule is CN(Cc1csc(C#CCCO)c1)S(=O)(=O)C1CC1. The maximum atomic E-state index is 12.0. The van der Waals surface area contributed by atoms with Crippen LogP contribution in [0.5, 0.6) is 0 Å². The minimum absolute atomic E-state index is 0.0631. The van der Waals surface area contributed by atoms with Gasteiger partial charge in [0.25, 0.3) is 0 Å². The van der Waals surface area contributed by atoms with Crippen molar-refractivity contribution in [1.82, 2.24) is 4.31 Å². The van der Waals surface area contributed by atoms with Crippen molar-refractivity contribution in [3.05, 3.63) is 21.9 Å². The highest BCUT2D eigenvalue weighted by atomic mass is 32.2. The summed E-state index contributed by atoms with van der Waals surface area (Å²) in [6.45, 7) is 0.463. The Morgan fingerprint density at radius 2 is 2.26 bits per heavy atom. The van der Waals surface area contributed by atoms with Crippen LogP contribution in [0.2, 0.25) is 0 Å². The first-order chi connectivity index (χ1) is 9.04. The van der Waals surface area contributed by atoms with E-state index in [9.17, 15) is 8.42 Å². The van der Waals surface area contributed by atoms with Gasteiger partial charge in [0, 0.05) is 20.0 Å². The molecule has 1 aliphatic rings. The molecule has 0 bridgehead atoms. The third-order valence-electron chi connectivity index (χ3n) is 2.89. The monoisotopic (exact) mass is 299 g/mol. The molecule has 1 saturated carbocycles. The Morgan fingerprint density at radius 1 is 1.53 bits per heavy atom. The zero-order chi connectivity index (χ0) is 13.9. The molecule has 19 heavy (non-hydrogen) atoms. The van der Waals surface area contributed by atoms with Crippen LogP contribution < -0.4 is 0 Å². The Kier molecular flexibility index (Phi) is 4.63. The zero-order valence-corrected chi connectivity index (χ0v) is 12.4. The van der Waals surface area contributed by atoms with Crippen LogP contribution in [0.15, 0.2) is 11.4 Å². The van der Waals surface area contributed by atoms with Gasteiger partial charge in [0.2, 0.25) is 10.0 Å². The summed E-state index contributed by atoms with van der Waals surface area (Å²) in [6, 6.07) is 1.91. The largest absolute Gasteiger partial charge is 0.395 e. The number of aliphatic hydroxyl groups excluding tert-OH is 1. The molecule has 0 saturated heterocycles. The summed E-state index contributed by atoms with van der Waals surface area (Å²) in [6.07, 6.45) is 2.03. The van der Waals surface area contributed by atoms with Crippen molar-refractivity contribution in [2.75, 3.05) is 13.7 Å². The zero-order valence-electron chi connectivity index (χ0n) is 10.8. The highest BCUT2D eigenvalue weighted by Crippen LogP contribution is 2.31. The van der Waals surface area contributed by atoms with Gasteiger partial charge in [-0.25, -0.2) is 12.7 Å². The van der Waals surface area contributed by atoms with Gasteiger partial charge in [-0.15, -0.1) is 11.3 Å². The van der Waals surface area contributed by atoms with E-state index < -0.39 is 10.0 Å². The number of rotatable bonds is 5. The lowest BCUT2D eigenvalue weighted by Gasteiger charge is -2.15. The van der Waals surface area contributed by atoms with Crippen LogP contribution in [-0.2, 0) is 16.6 Å². The number of thiophene rings is 1. The fourth-order valence-electron chi connectivity index (χ4n) is 1.70. The summed E-state index contributed by atoms with van der Waals surface area (Å²) in [4.78, 5) is 0.903. The summed E-state index contributed by atoms with van der Waals surface area (Å²) in [7, 11) is -1.48. The number of sulfonamides is 1. The Morgan fingerprint density at radius 3 is 2.89 bits per heavy atom. The fourth-order valence-corrected chi connectivity index (χ4v) is 4.04. The Hall–Kier alpha value is -0.870. The van der Waals surface area contributed by atoms with Crippen LogP contribution in [0.1, 0.15) is 29.7 Å². The lowest BCUT2D eigenvalue weighted by molar-refractivity contribution is 0.305. The molecule has 0 atom stereocenters. The quantitative estimate of drug-likeness (QED) is 0.836. The average molecular weight is 299 g/mol. The van der Waals surface area contributed by atoms with Crippen LogP contribution in [0.25, 0.3) is 0 Å². The summed E-state index contributed by atoms with van der Waals surface area (Å²) in [5, 5.41) is 10.4. The second kappa shape index (κ2) is 6.06. The van der Waals surface area contributed by atoms with Gasteiger partial charge in [-0.05, 0) is 29.9 Å². The van der Waals surface area contributed by atoms with E-state index in [2.05, 4.69) is 11.8 Å². The molecule has 1 aromatic rings. The molecule has 0 spiro atoms. The van der Waals surface area contributed by atoms with Crippen molar-refractivity contribution < 1.29 is 13.5 Å². The van der Waals surface area contributed by atoms with Crippen molar-refractivity contribution in [1.29, 1.82) is 0 Å². The first kappa shape index (κ1) is 14.5. The molecule has 1 aliphatic carbocycles. The first-order valence-corrected chi connectivity index (χ1v) is 8.54. The van der Waals surface area contributed by atoms with E-state index in [0.717, 1.165) is 23.3 Å². The minimum Gasteiger partial charge on any atom is -0.395 e. The molecule has 1 aromatic heterocycles. The number of hydrogen-bond acceptors (Lipinski definition) is 4. The predicted molar refractivity (Wildman–Crippen MR) is 76.3 cm³/mol. The smallest absolute Gasteiger partial charge is 0.217 e. The van der Waals surface area contributed by atoms with Crippen LogP contribution >= 0.6 is 11.3 Å². The standard InChI is InChI=1S/C13H17NO3S2/c1-14(19(16,17)13-5-6-13)9-11-8-12(18-10-11)4-2-3-7-15/h8,10,13,15H,3,5-7,9H2,1H3. The minimum atomic E-state index is -3.11. The van der Waals surface area contributed by atoms with Crippen LogP contribution in [0, 0.1) is 11.8 Å². The van der Waals surface area contributed by atoms with Gasteiger partial charge in [-0.1, -0.05) is 11.8 Å². The van der Waals surface area contributed by atoms with E-state index in [-0.39, 0.29) is 11.9 Å². The van der Waals surface area contributed by atoms with E-state index in [1.165, 1.54) is 15.6 Å². The van der Waals surface area contributed by atoms with Crippen molar-refractivity contribution in [2.24, 2.45) is 0 Å². The maximum absolute atomic E-state index is 12.0. The molecule has 6 heteroatoms. The number of aliphatic hydroxyl groups is 1. The summed E-state index contributed by atoms with van der Waals surface area (Å²) >= 11 is 1.50. The summed E-state index contributed by atoms with van der Waals surface area (Å²) < 4.78 is 25.4. The molecule has 1 N–H and O–H groups in total. The molecular weight excluding hydrogens is 282 g/mol. The van der Waals surface area contributed by atoms with Crippen LogP contribution in [-0.4, -0.2) is 36.7 Å². The topological polar surface area (TPSA) is 57.6 Å². The van der Waals surface area contributed by atoms with E-state index in [0.29, 0.717) is 13.0 Å². The van der Waals surface area contributed by atoms with Crippen molar-refractivity contribution in [3.8, 4) is 11.8 Å². The normalized spacial score (nSPS) is 15.3.